The van der Waals surface area contributed by atoms with Crippen LogP contribution in [0.4, 0.5) is 0 Å². The van der Waals surface area contributed by atoms with Crippen LogP contribution in [0.5, 0.6) is 0 Å². The number of hydrogen-bond acceptors (Lipinski definition) is 5. The van der Waals surface area contributed by atoms with E-state index in [4.69, 9.17) is 10.2 Å². The van der Waals surface area contributed by atoms with Gasteiger partial charge in [-0.1, -0.05) is 30.8 Å². The Morgan fingerprint density at radius 2 is 2.24 bits per heavy atom. The number of benzene rings is 1. The van der Waals surface area contributed by atoms with Gasteiger partial charge in [-0.15, -0.1) is 0 Å². The number of oxazole rings is 1. The number of nitrogens with zero attached hydrogens (tertiary/aromatic N) is 1. The molecule has 1 heterocycles. The molecule has 0 fully saturated rings. The minimum Gasteiger partial charge on any atom is -0.431 e. The van der Waals surface area contributed by atoms with Crippen molar-refractivity contribution >= 4 is 22.9 Å². The van der Waals surface area contributed by atoms with Crippen LogP contribution in [-0.2, 0) is 0 Å². The molecule has 2 aromatic rings. The lowest BCUT2D eigenvalue weighted by atomic mass is 10.2. The van der Waals surface area contributed by atoms with Gasteiger partial charge in [-0.2, -0.15) is 0 Å². The fraction of sp³-hybridized carbons (Fsp3) is 0.417. The van der Waals surface area contributed by atoms with E-state index in [2.05, 4.69) is 4.98 Å². The lowest BCUT2D eigenvalue weighted by molar-refractivity contribution is 0.280. The number of aliphatic hydroxyl groups is 1. The van der Waals surface area contributed by atoms with Crippen LogP contribution in [0.3, 0.4) is 0 Å². The van der Waals surface area contributed by atoms with Crippen molar-refractivity contribution in [3.63, 3.8) is 0 Å². The van der Waals surface area contributed by atoms with E-state index in [-0.39, 0.29) is 17.9 Å². The zero-order valence-corrected chi connectivity index (χ0v) is 10.5. The van der Waals surface area contributed by atoms with E-state index in [0.29, 0.717) is 5.22 Å². The first kappa shape index (κ1) is 12.4. The molecule has 0 spiro atoms. The highest BCUT2D eigenvalue weighted by Crippen LogP contribution is 2.28. The average molecular weight is 252 g/mol. The van der Waals surface area contributed by atoms with Crippen molar-refractivity contribution in [1.29, 1.82) is 0 Å². The summed E-state index contributed by atoms with van der Waals surface area (Å²) in [5.41, 5.74) is 7.51. The molecule has 17 heavy (non-hydrogen) atoms. The van der Waals surface area contributed by atoms with Crippen molar-refractivity contribution in [2.45, 2.75) is 29.9 Å². The van der Waals surface area contributed by atoms with Gasteiger partial charge >= 0.3 is 0 Å². The summed E-state index contributed by atoms with van der Waals surface area (Å²) in [4.78, 5) is 4.35. The van der Waals surface area contributed by atoms with E-state index >= 15 is 0 Å². The molecular formula is C12H16N2O2S. The van der Waals surface area contributed by atoms with Gasteiger partial charge in [-0.3, -0.25) is 0 Å². The minimum absolute atomic E-state index is 0.0262. The monoisotopic (exact) mass is 252 g/mol. The molecule has 2 unspecified atom stereocenters. The molecule has 5 heteroatoms. The zero-order valence-electron chi connectivity index (χ0n) is 9.67. The van der Waals surface area contributed by atoms with Gasteiger partial charge in [0, 0.05) is 6.04 Å². The van der Waals surface area contributed by atoms with Gasteiger partial charge in [0.15, 0.2) is 5.58 Å². The van der Waals surface area contributed by atoms with Crippen LogP contribution in [-0.4, -0.2) is 28.0 Å². The number of para-hydroxylation sites is 2. The van der Waals surface area contributed by atoms with E-state index in [0.717, 1.165) is 17.5 Å². The van der Waals surface area contributed by atoms with E-state index in [1.807, 2.05) is 31.2 Å². The average Bonchev–Trinajstić information content (AvgIpc) is 2.77. The van der Waals surface area contributed by atoms with Crippen LogP contribution in [0, 0.1) is 0 Å². The number of hydrogen-bond donors (Lipinski definition) is 2. The Morgan fingerprint density at radius 3 is 2.88 bits per heavy atom. The Kier molecular flexibility index (Phi) is 4.04. The van der Waals surface area contributed by atoms with Gasteiger partial charge in [0.25, 0.3) is 5.22 Å². The maximum atomic E-state index is 9.29. The summed E-state index contributed by atoms with van der Waals surface area (Å²) < 4.78 is 5.58. The molecule has 0 saturated carbocycles. The molecule has 2 rings (SSSR count). The van der Waals surface area contributed by atoms with Crippen molar-refractivity contribution < 1.29 is 9.52 Å². The molecular weight excluding hydrogens is 236 g/mol. The van der Waals surface area contributed by atoms with Crippen molar-refractivity contribution in [1.82, 2.24) is 4.98 Å². The highest BCUT2D eigenvalue weighted by Gasteiger charge is 2.19. The Morgan fingerprint density at radius 1 is 1.47 bits per heavy atom. The summed E-state index contributed by atoms with van der Waals surface area (Å²) >= 11 is 1.39. The maximum absolute atomic E-state index is 9.29. The molecule has 1 aromatic heterocycles. The Bertz CT molecular complexity index is 453. The molecule has 2 atom stereocenters. The Labute approximate surface area is 104 Å². The van der Waals surface area contributed by atoms with E-state index < -0.39 is 0 Å². The molecule has 3 N–H and O–H groups in total. The predicted octanol–water partition coefficient (Wildman–Crippen LogP) is 2.02. The van der Waals surface area contributed by atoms with Crippen molar-refractivity contribution in [2.24, 2.45) is 5.73 Å². The first-order chi connectivity index (χ1) is 8.24. The first-order valence-corrected chi connectivity index (χ1v) is 6.51. The summed E-state index contributed by atoms with van der Waals surface area (Å²) in [6.07, 6.45) is 0.818. The van der Waals surface area contributed by atoms with Gasteiger partial charge in [-0.25, -0.2) is 4.98 Å². The second kappa shape index (κ2) is 5.53. The number of aliphatic hydroxyl groups excluding tert-OH is 1. The summed E-state index contributed by atoms with van der Waals surface area (Å²) in [5, 5.41) is 9.78. The number of thioether (sulfide) groups is 1. The van der Waals surface area contributed by atoms with Crippen molar-refractivity contribution in [3.8, 4) is 0 Å². The van der Waals surface area contributed by atoms with Crippen LogP contribution >= 0.6 is 11.8 Å². The second-order valence-electron chi connectivity index (χ2n) is 3.86. The van der Waals surface area contributed by atoms with E-state index in [1.165, 1.54) is 11.8 Å². The van der Waals surface area contributed by atoms with Crippen LogP contribution in [0.15, 0.2) is 33.9 Å². The molecule has 0 aliphatic heterocycles. The quantitative estimate of drug-likeness (QED) is 0.796. The molecule has 0 saturated heterocycles. The predicted molar refractivity (Wildman–Crippen MR) is 69.0 cm³/mol. The fourth-order valence-electron chi connectivity index (χ4n) is 1.55. The topological polar surface area (TPSA) is 72.3 Å². The fourth-order valence-corrected chi connectivity index (χ4v) is 2.54. The van der Waals surface area contributed by atoms with E-state index in [1.54, 1.807) is 0 Å². The first-order valence-electron chi connectivity index (χ1n) is 5.63. The lowest BCUT2D eigenvalue weighted by Gasteiger charge is -2.17. The molecule has 1 aromatic carbocycles. The summed E-state index contributed by atoms with van der Waals surface area (Å²) in [6, 6.07) is 7.54. The lowest BCUT2D eigenvalue weighted by Crippen LogP contribution is -2.34. The van der Waals surface area contributed by atoms with Gasteiger partial charge in [0.05, 0.1) is 11.9 Å². The number of nitrogens with two attached hydrogens (primary N) is 1. The number of fused-ring (bicyclic) bond motifs is 1. The highest BCUT2D eigenvalue weighted by molar-refractivity contribution is 7.99. The third-order valence-corrected chi connectivity index (χ3v) is 3.83. The molecule has 0 radical (unpaired) electrons. The third-order valence-electron chi connectivity index (χ3n) is 2.66. The largest absolute Gasteiger partial charge is 0.431 e. The molecule has 0 aliphatic rings. The number of rotatable bonds is 5. The van der Waals surface area contributed by atoms with Gasteiger partial charge < -0.3 is 15.3 Å². The van der Waals surface area contributed by atoms with Crippen LogP contribution in [0.1, 0.15) is 13.3 Å². The summed E-state index contributed by atoms with van der Waals surface area (Å²) in [7, 11) is 0. The van der Waals surface area contributed by atoms with Crippen molar-refractivity contribution in [2.75, 3.05) is 6.61 Å². The molecule has 4 nitrogen and oxygen atoms in total. The van der Waals surface area contributed by atoms with Gasteiger partial charge in [0.1, 0.15) is 5.52 Å². The van der Waals surface area contributed by atoms with Crippen molar-refractivity contribution in [3.05, 3.63) is 24.3 Å². The SMILES string of the molecule is CCC(N)C(CO)Sc1nc2ccccc2o1. The molecule has 0 aliphatic carbocycles. The highest BCUT2D eigenvalue weighted by atomic mass is 32.2. The molecule has 0 amide bonds. The smallest absolute Gasteiger partial charge is 0.257 e. The summed E-state index contributed by atoms with van der Waals surface area (Å²) in [6.45, 7) is 2.03. The number of aromatic nitrogens is 1. The van der Waals surface area contributed by atoms with Crippen LogP contribution in [0.2, 0.25) is 0 Å². The van der Waals surface area contributed by atoms with Gasteiger partial charge in [-0.05, 0) is 18.6 Å². The third kappa shape index (κ3) is 2.80. The molecule has 92 valence electrons. The summed E-state index contributed by atoms with van der Waals surface area (Å²) in [5.74, 6) is 0. The van der Waals surface area contributed by atoms with Gasteiger partial charge in [0.2, 0.25) is 0 Å². The second-order valence-corrected chi connectivity index (χ2v) is 5.05. The van der Waals surface area contributed by atoms with Crippen LogP contribution in [0.25, 0.3) is 11.1 Å². The van der Waals surface area contributed by atoms with E-state index in [9.17, 15) is 5.11 Å². The molecule has 0 bridgehead atoms. The minimum atomic E-state index is -0.0759. The Balaban J connectivity index is 2.16. The zero-order chi connectivity index (χ0) is 12.3. The van der Waals surface area contributed by atoms with Crippen LogP contribution < -0.4 is 5.73 Å². The standard InChI is InChI=1S/C12H16N2O2S/c1-2-8(13)11(7-15)17-12-14-9-5-3-4-6-10(9)16-12/h3-6,8,11,15H,2,7,13H2,1H3. The maximum Gasteiger partial charge on any atom is 0.257 e. The Hall–Kier alpha value is -1.04. The normalized spacial score (nSPS) is 15.0.